The summed E-state index contributed by atoms with van der Waals surface area (Å²) in [6.45, 7) is 0. The van der Waals surface area contributed by atoms with Crippen molar-refractivity contribution in [3.05, 3.63) is 35.4 Å². The van der Waals surface area contributed by atoms with E-state index in [-0.39, 0.29) is 6.07 Å². The molecule has 0 radical (unpaired) electrons. The molecule has 2 N–H and O–H groups in total. The van der Waals surface area contributed by atoms with Crippen molar-refractivity contribution in [1.29, 1.82) is 0 Å². The maximum atomic E-state index is 13.2. The van der Waals surface area contributed by atoms with E-state index >= 15 is 0 Å². The zero-order chi connectivity index (χ0) is 15.0. The van der Waals surface area contributed by atoms with Crippen LogP contribution in [0.3, 0.4) is 0 Å². The van der Waals surface area contributed by atoms with Crippen molar-refractivity contribution in [2.24, 2.45) is 11.7 Å². The third-order valence-electron chi connectivity index (χ3n) is 2.38. The van der Waals surface area contributed by atoms with Gasteiger partial charge in [-0.25, -0.2) is 8.78 Å². The minimum Gasteiger partial charge on any atom is -0.323 e. The lowest BCUT2D eigenvalue weighted by Gasteiger charge is -2.28. The minimum atomic E-state index is -5.73. The number of alkyl halides is 6. The molecular weight excluding hydrogens is 286 g/mol. The summed E-state index contributed by atoms with van der Waals surface area (Å²) >= 11 is 0. The molecular formula is C10H7F8N. The van der Waals surface area contributed by atoms with E-state index < -0.39 is 41.5 Å². The van der Waals surface area contributed by atoms with Crippen LogP contribution in [0, 0.1) is 17.6 Å². The minimum absolute atomic E-state index is 0.213. The van der Waals surface area contributed by atoms with Crippen molar-refractivity contribution in [3.63, 3.8) is 0 Å². The van der Waals surface area contributed by atoms with E-state index in [1.54, 1.807) is 0 Å². The summed E-state index contributed by atoms with van der Waals surface area (Å²) in [5.74, 6) is -6.60. The topological polar surface area (TPSA) is 26.0 Å². The number of nitrogens with two attached hydrogens (primary N) is 1. The van der Waals surface area contributed by atoms with Crippen LogP contribution in [0.4, 0.5) is 35.1 Å². The largest absolute Gasteiger partial charge is 0.402 e. The Morgan fingerprint density at radius 3 is 1.79 bits per heavy atom. The van der Waals surface area contributed by atoms with Crippen LogP contribution < -0.4 is 5.73 Å². The fourth-order valence-electron chi connectivity index (χ4n) is 1.54. The summed E-state index contributed by atoms with van der Waals surface area (Å²) in [7, 11) is 0. The summed E-state index contributed by atoms with van der Waals surface area (Å²) in [5, 5.41) is 0. The molecule has 1 unspecified atom stereocenters. The van der Waals surface area contributed by atoms with E-state index in [1.165, 1.54) is 0 Å². The Hall–Kier alpha value is -1.38. The van der Waals surface area contributed by atoms with Crippen molar-refractivity contribution in [2.75, 3.05) is 0 Å². The van der Waals surface area contributed by atoms with Crippen LogP contribution in [-0.4, -0.2) is 12.4 Å². The molecule has 0 aromatic heterocycles. The zero-order valence-corrected chi connectivity index (χ0v) is 8.99. The lowest BCUT2D eigenvalue weighted by atomic mass is 9.92. The van der Waals surface area contributed by atoms with Crippen LogP contribution in [-0.2, 0) is 0 Å². The third-order valence-corrected chi connectivity index (χ3v) is 2.38. The van der Waals surface area contributed by atoms with Crippen molar-refractivity contribution in [3.8, 4) is 0 Å². The summed E-state index contributed by atoms with van der Waals surface area (Å²) in [6, 6.07) is -1.60. The SMILES string of the molecule is NC(c1cc(F)ccc1F)C(C(F)(F)F)C(F)(F)F. The Balaban J connectivity index is 3.28. The Morgan fingerprint density at radius 1 is 0.895 bits per heavy atom. The van der Waals surface area contributed by atoms with Crippen LogP contribution in [0.15, 0.2) is 18.2 Å². The normalized spacial score (nSPS) is 14.8. The second kappa shape index (κ2) is 4.95. The zero-order valence-electron chi connectivity index (χ0n) is 8.99. The van der Waals surface area contributed by atoms with Crippen molar-refractivity contribution in [1.82, 2.24) is 0 Å². The first-order valence-electron chi connectivity index (χ1n) is 4.78. The van der Waals surface area contributed by atoms with Gasteiger partial charge in [-0.1, -0.05) is 0 Å². The average molecular weight is 293 g/mol. The molecule has 0 aliphatic heterocycles. The van der Waals surface area contributed by atoms with Gasteiger partial charge < -0.3 is 5.73 Å². The second-order valence-electron chi connectivity index (χ2n) is 3.75. The highest BCUT2D eigenvalue weighted by atomic mass is 19.4. The van der Waals surface area contributed by atoms with Crippen molar-refractivity contribution in [2.45, 2.75) is 18.4 Å². The molecule has 0 amide bonds. The molecule has 0 saturated heterocycles. The standard InChI is InChI=1S/C10H7F8N/c11-4-1-2-6(12)5(3-4)7(19)8(9(13,14)15)10(16,17)18/h1-3,7-8H,19H2. The predicted molar refractivity (Wildman–Crippen MR) is 48.9 cm³/mol. The van der Waals surface area contributed by atoms with Gasteiger partial charge in [0.2, 0.25) is 0 Å². The average Bonchev–Trinajstić information content (AvgIpc) is 2.17. The van der Waals surface area contributed by atoms with Gasteiger partial charge in [-0.15, -0.1) is 0 Å². The van der Waals surface area contributed by atoms with Gasteiger partial charge in [-0.05, 0) is 18.2 Å². The van der Waals surface area contributed by atoms with Crippen molar-refractivity contribution < 1.29 is 35.1 Å². The van der Waals surface area contributed by atoms with Gasteiger partial charge >= 0.3 is 12.4 Å². The van der Waals surface area contributed by atoms with Crippen LogP contribution >= 0.6 is 0 Å². The fraction of sp³-hybridized carbons (Fsp3) is 0.400. The molecule has 0 aliphatic carbocycles. The highest BCUT2D eigenvalue weighted by Crippen LogP contribution is 2.45. The lowest BCUT2D eigenvalue weighted by Crippen LogP contribution is -2.44. The molecule has 108 valence electrons. The van der Waals surface area contributed by atoms with Crippen LogP contribution in [0.5, 0.6) is 0 Å². The molecule has 1 nitrogen and oxygen atoms in total. The molecule has 0 saturated carbocycles. The molecule has 1 aromatic carbocycles. The van der Waals surface area contributed by atoms with Gasteiger partial charge in [-0.2, -0.15) is 26.3 Å². The second-order valence-corrected chi connectivity index (χ2v) is 3.75. The summed E-state index contributed by atoms with van der Waals surface area (Å²) in [5.41, 5.74) is 3.65. The number of hydrogen-bond donors (Lipinski definition) is 1. The molecule has 0 heterocycles. The monoisotopic (exact) mass is 293 g/mol. The molecule has 0 aliphatic rings. The van der Waals surface area contributed by atoms with Crippen LogP contribution in [0.25, 0.3) is 0 Å². The van der Waals surface area contributed by atoms with Gasteiger partial charge in [0.15, 0.2) is 5.92 Å². The highest BCUT2D eigenvalue weighted by Gasteiger charge is 2.60. The van der Waals surface area contributed by atoms with Gasteiger partial charge in [0.25, 0.3) is 0 Å². The smallest absolute Gasteiger partial charge is 0.323 e. The quantitative estimate of drug-likeness (QED) is 0.827. The fourth-order valence-corrected chi connectivity index (χ4v) is 1.54. The van der Waals surface area contributed by atoms with E-state index in [4.69, 9.17) is 5.73 Å². The van der Waals surface area contributed by atoms with Gasteiger partial charge in [0.05, 0.1) is 6.04 Å². The van der Waals surface area contributed by atoms with E-state index in [1.807, 2.05) is 0 Å². The maximum Gasteiger partial charge on any atom is 0.402 e. The third kappa shape index (κ3) is 3.55. The van der Waals surface area contributed by atoms with Gasteiger partial charge in [0.1, 0.15) is 11.6 Å². The summed E-state index contributed by atoms with van der Waals surface area (Å²) < 4.78 is 100. The number of rotatable bonds is 2. The first kappa shape index (κ1) is 15.7. The highest BCUT2D eigenvalue weighted by molar-refractivity contribution is 5.23. The Kier molecular flexibility index (Phi) is 4.08. The Bertz CT molecular complexity index is 436. The van der Waals surface area contributed by atoms with E-state index in [9.17, 15) is 35.1 Å². The molecule has 0 spiro atoms. The van der Waals surface area contributed by atoms with Crippen molar-refractivity contribution >= 4 is 0 Å². The summed E-state index contributed by atoms with van der Waals surface area (Å²) in [4.78, 5) is 0. The predicted octanol–water partition coefficient (Wildman–Crippen LogP) is 3.71. The molecule has 0 fully saturated rings. The number of halogens is 8. The Labute approximate surface area is 102 Å². The molecule has 1 aromatic rings. The maximum absolute atomic E-state index is 13.2. The van der Waals surface area contributed by atoms with Crippen LogP contribution in [0.1, 0.15) is 11.6 Å². The van der Waals surface area contributed by atoms with E-state index in [0.29, 0.717) is 12.1 Å². The number of hydrogen-bond acceptors (Lipinski definition) is 1. The molecule has 0 bridgehead atoms. The summed E-state index contributed by atoms with van der Waals surface area (Å²) in [6.07, 6.45) is -11.5. The van der Waals surface area contributed by atoms with Gasteiger partial charge in [-0.3, -0.25) is 0 Å². The first-order valence-corrected chi connectivity index (χ1v) is 4.78. The van der Waals surface area contributed by atoms with E-state index in [0.717, 1.165) is 0 Å². The first-order chi connectivity index (χ1) is 8.44. The number of benzene rings is 1. The van der Waals surface area contributed by atoms with Gasteiger partial charge in [0, 0.05) is 5.56 Å². The lowest BCUT2D eigenvalue weighted by molar-refractivity contribution is -0.290. The Morgan fingerprint density at radius 2 is 1.37 bits per heavy atom. The van der Waals surface area contributed by atoms with E-state index in [2.05, 4.69) is 0 Å². The van der Waals surface area contributed by atoms with Crippen LogP contribution in [0.2, 0.25) is 0 Å². The molecule has 9 heteroatoms. The molecule has 1 rings (SSSR count). The molecule has 1 atom stereocenters. The molecule has 19 heavy (non-hydrogen) atoms.